The van der Waals surface area contributed by atoms with E-state index in [-0.39, 0.29) is 0 Å². The summed E-state index contributed by atoms with van der Waals surface area (Å²) in [6.07, 6.45) is 17.4. The van der Waals surface area contributed by atoms with Gasteiger partial charge in [-0.3, -0.25) is 0 Å². The van der Waals surface area contributed by atoms with E-state index in [0.717, 1.165) is 17.7 Å². The summed E-state index contributed by atoms with van der Waals surface area (Å²) in [7, 11) is 0. The monoisotopic (exact) mass is 324 g/mol. The fourth-order valence-corrected chi connectivity index (χ4v) is 7.97. The first-order chi connectivity index (χ1) is 10.3. The standard InChI is InChI=1S/C17H28N2S2/c1-2-3-9-16-12-20-17(21-16,13-19-11-10-18-14-19)15-7-5-4-6-8-15/h10-11,14-16H,2-9,12-13H2,1H3. The zero-order valence-corrected chi connectivity index (χ0v) is 14.8. The Morgan fingerprint density at radius 3 is 2.86 bits per heavy atom. The van der Waals surface area contributed by atoms with Crippen molar-refractivity contribution >= 4 is 23.5 Å². The van der Waals surface area contributed by atoms with Crippen LogP contribution in [-0.4, -0.2) is 24.6 Å². The summed E-state index contributed by atoms with van der Waals surface area (Å²) in [5, 5.41) is 0.875. The third kappa shape index (κ3) is 3.82. The molecule has 0 N–H and O–H groups in total. The lowest BCUT2D eigenvalue weighted by Gasteiger charge is -2.39. The summed E-state index contributed by atoms with van der Waals surface area (Å²) in [5.74, 6) is 2.26. The number of nitrogens with zero attached hydrogens (tertiary/aromatic N) is 2. The van der Waals surface area contributed by atoms with E-state index in [0.29, 0.717) is 4.08 Å². The van der Waals surface area contributed by atoms with Crippen LogP contribution < -0.4 is 0 Å². The summed E-state index contributed by atoms with van der Waals surface area (Å²) in [6, 6.07) is 0. The molecular weight excluding hydrogens is 296 g/mol. The van der Waals surface area contributed by atoms with Gasteiger partial charge in [-0.1, -0.05) is 39.0 Å². The van der Waals surface area contributed by atoms with E-state index in [1.165, 1.54) is 57.1 Å². The summed E-state index contributed by atoms with van der Waals surface area (Å²) < 4.78 is 2.73. The van der Waals surface area contributed by atoms with Crippen LogP contribution in [0.5, 0.6) is 0 Å². The van der Waals surface area contributed by atoms with Gasteiger partial charge in [0.1, 0.15) is 0 Å². The maximum atomic E-state index is 4.25. The van der Waals surface area contributed by atoms with Crippen LogP contribution in [0.1, 0.15) is 58.3 Å². The second-order valence-electron chi connectivity index (χ2n) is 6.57. The molecule has 2 aliphatic rings. The Morgan fingerprint density at radius 2 is 2.14 bits per heavy atom. The normalized spacial score (nSPS) is 30.8. The quantitative estimate of drug-likeness (QED) is 0.716. The molecule has 3 rings (SSSR count). The van der Waals surface area contributed by atoms with Crippen LogP contribution in [0.25, 0.3) is 0 Å². The molecule has 0 amide bonds. The maximum absolute atomic E-state index is 4.25. The fourth-order valence-electron chi connectivity index (χ4n) is 3.76. The lowest BCUT2D eigenvalue weighted by Crippen LogP contribution is -2.35. The van der Waals surface area contributed by atoms with Crippen LogP contribution in [0, 0.1) is 5.92 Å². The zero-order valence-electron chi connectivity index (χ0n) is 13.2. The number of thioether (sulfide) groups is 2. The predicted octanol–water partition coefficient (Wildman–Crippen LogP) is 5.20. The molecule has 1 saturated heterocycles. The molecule has 1 aliphatic carbocycles. The van der Waals surface area contributed by atoms with Crippen LogP contribution in [-0.2, 0) is 6.54 Å². The minimum absolute atomic E-state index is 0.416. The van der Waals surface area contributed by atoms with E-state index >= 15 is 0 Å². The average Bonchev–Trinajstić information content (AvgIpc) is 3.17. The van der Waals surface area contributed by atoms with Crippen molar-refractivity contribution in [3.05, 3.63) is 18.7 Å². The maximum Gasteiger partial charge on any atom is 0.0946 e. The number of imidazole rings is 1. The highest BCUT2D eigenvalue weighted by atomic mass is 32.2. The zero-order chi connectivity index (χ0) is 14.5. The number of hydrogen-bond acceptors (Lipinski definition) is 3. The smallest absolute Gasteiger partial charge is 0.0946 e. The largest absolute Gasteiger partial charge is 0.335 e. The molecule has 2 atom stereocenters. The van der Waals surface area contributed by atoms with E-state index in [1.807, 2.05) is 12.5 Å². The lowest BCUT2D eigenvalue weighted by atomic mass is 9.86. The molecule has 2 fully saturated rings. The SMILES string of the molecule is CCCCC1CSC(Cn2ccnc2)(C2CCCCC2)S1. The molecule has 1 aromatic rings. The second kappa shape index (κ2) is 7.45. The Hall–Kier alpha value is -0.0900. The first-order valence-electron chi connectivity index (χ1n) is 8.60. The van der Waals surface area contributed by atoms with Crippen molar-refractivity contribution in [1.82, 2.24) is 9.55 Å². The van der Waals surface area contributed by atoms with Gasteiger partial charge in [0.15, 0.2) is 0 Å². The highest BCUT2D eigenvalue weighted by molar-refractivity contribution is 8.21. The van der Waals surface area contributed by atoms with Crippen molar-refractivity contribution in [3.8, 4) is 0 Å². The Kier molecular flexibility index (Phi) is 5.60. The number of unbranched alkanes of at least 4 members (excludes halogenated alkanes) is 1. The molecule has 21 heavy (non-hydrogen) atoms. The van der Waals surface area contributed by atoms with Crippen LogP contribution >= 0.6 is 23.5 Å². The van der Waals surface area contributed by atoms with E-state index in [9.17, 15) is 0 Å². The summed E-state index contributed by atoms with van der Waals surface area (Å²) in [5.41, 5.74) is 0. The van der Waals surface area contributed by atoms with Crippen molar-refractivity contribution < 1.29 is 0 Å². The average molecular weight is 325 g/mol. The molecule has 2 heterocycles. The number of aromatic nitrogens is 2. The Balaban J connectivity index is 1.71. The molecule has 1 aliphatic heterocycles. The van der Waals surface area contributed by atoms with Gasteiger partial charge in [-0.05, 0) is 25.2 Å². The second-order valence-corrected chi connectivity index (χ2v) is 9.81. The summed E-state index contributed by atoms with van der Waals surface area (Å²) in [4.78, 5) is 4.25. The van der Waals surface area contributed by atoms with Gasteiger partial charge in [0.05, 0.1) is 10.4 Å². The predicted molar refractivity (Wildman–Crippen MR) is 94.9 cm³/mol. The van der Waals surface area contributed by atoms with Crippen LogP contribution in [0.3, 0.4) is 0 Å². The molecule has 1 saturated carbocycles. The van der Waals surface area contributed by atoms with E-state index in [2.05, 4.69) is 46.2 Å². The molecule has 0 aromatic carbocycles. The highest BCUT2D eigenvalue weighted by Crippen LogP contribution is 2.57. The van der Waals surface area contributed by atoms with Gasteiger partial charge < -0.3 is 4.57 Å². The lowest BCUT2D eigenvalue weighted by molar-refractivity contribution is 0.316. The van der Waals surface area contributed by atoms with Crippen LogP contribution in [0.2, 0.25) is 0 Å². The van der Waals surface area contributed by atoms with Crippen molar-refractivity contribution in [2.75, 3.05) is 5.75 Å². The molecule has 118 valence electrons. The van der Waals surface area contributed by atoms with E-state index in [4.69, 9.17) is 0 Å². The summed E-state index contributed by atoms with van der Waals surface area (Å²) in [6.45, 7) is 3.46. The molecule has 2 nitrogen and oxygen atoms in total. The minimum Gasteiger partial charge on any atom is -0.335 e. The van der Waals surface area contributed by atoms with Gasteiger partial charge in [0.2, 0.25) is 0 Å². The van der Waals surface area contributed by atoms with Crippen molar-refractivity contribution in [1.29, 1.82) is 0 Å². The molecule has 0 radical (unpaired) electrons. The highest BCUT2D eigenvalue weighted by Gasteiger charge is 2.46. The Labute approximate surface area is 137 Å². The fraction of sp³-hybridized carbons (Fsp3) is 0.824. The molecular formula is C17H28N2S2. The molecule has 2 unspecified atom stereocenters. The minimum atomic E-state index is 0.416. The Morgan fingerprint density at radius 1 is 1.29 bits per heavy atom. The molecule has 1 aromatic heterocycles. The van der Waals surface area contributed by atoms with Gasteiger partial charge in [-0.25, -0.2) is 4.98 Å². The van der Waals surface area contributed by atoms with E-state index < -0.39 is 0 Å². The third-order valence-electron chi connectivity index (χ3n) is 4.95. The van der Waals surface area contributed by atoms with E-state index in [1.54, 1.807) is 0 Å². The van der Waals surface area contributed by atoms with Crippen LogP contribution in [0.4, 0.5) is 0 Å². The van der Waals surface area contributed by atoms with Gasteiger partial charge in [-0.2, -0.15) is 0 Å². The molecule has 0 spiro atoms. The van der Waals surface area contributed by atoms with Crippen molar-refractivity contribution in [2.24, 2.45) is 5.92 Å². The number of rotatable bonds is 6. The topological polar surface area (TPSA) is 17.8 Å². The van der Waals surface area contributed by atoms with Crippen LogP contribution in [0.15, 0.2) is 18.7 Å². The van der Waals surface area contributed by atoms with Gasteiger partial charge in [-0.15, -0.1) is 23.5 Å². The van der Waals surface area contributed by atoms with Gasteiger partial charge in [0.25, 0.3) is 0 Å². The first-order valence-corrected chi connectivity index (χ1v) is 10.5. The van der Waals surface area contributed by atoms with Gasteiger partial charge in [0, 0.05) is 29.9 Å². The summed E-state index contributed by atoms with van der Waals surface area (Å²) >= 11 is 4.58. The first kappa shape index (κ1) is 15.8. The van der Waals surface area contributed by atoms with Crippen molar-refractivity contribution in [2.45, 2.75) is 74.2 Å². The Bertz CT molecular complexity index is 414. The van der Waals surface area contributed by atoms with Crippen molar-refractivity contribution in [3.63, 3.8) is 0 Å². The van der Waals surface area contributed by atoms with Gasteiger partial charge >= 0.3 is 0 Å². The molecule has 0 bridgehead atoms. The molecule has 4 heteroatoms. The number of hydrogen-bond donors (Lipinski definition) is 0. The third-order valence-corrected chi connectivity index (χ3v) is 8.92.